The van der Waals surface area contributed by atoms with Crippen LogP contribution in [0.1, 0.15) is 11.6 Å². The quantitative estimate of drug-likeness (QED) is 0.774. The molecule has 0 aliphatic rings. The van der Waals surface area contributed by atoms with Crippen molar-refractivity contribution >= 4 is 0 Å². The molecule has 0 saturated carbocycles. The zero-order valence-electron chi connectivity index (χ0n) is 8.91. The normalized spacial score (nSPS) is 12.5. The molecule has 78 valence electrons. The Labute approximate surface area is 85.0 Å². The van der Waals surface area contributed by atoms with Crippen LogP contribution >= 0.6 is 0 Å². The maximum atomic E-state index is 5.11. The largest absolute Gasteiger partial charge is 0.497 e. The fraction of sp³-hybridized carbons (Fsp3) is 0.455. The molecule has 3 heteroatoms. The molecule has 1 aromatic carbocycles. The van der Waals surface area contributed by atoms with Gasteiger partial charge in [-0.25, -0.2) is 0 Å². The van der Waals surface area contributed by atoms with Crippen LogP contribution in [0.3, 0.4) is 0 Å². The molecule has 14 heavy (non-hydrogen) atoms. The second-order valence-corrected chi connectivity index (χ2v) is 3.07. The summed E-state index contributed by atoms with van der Waals surface area (Å²) in [6, 6.07) is 8.23. The first kappa shape index (κ1) is 11.0. The molecule has 0 aliphatic heterocycles. The number of hydrogen-bond acceptors (Lipinski definition) is 3. The summed E-state index contributed by atoms with van der Waals surface area (Å²) in [6.45, 7) is 0.669. The van der Waals surface area contributed by atoms with Crippen LogP contribution in [0, 0.1) is 0 Å². The van der Waals surface area contributed by atoms with Crippen molar-refractivity contribution < 1.29 is 9.47 Å². The minimum atomic E-state index is 0.242. The first-order valence-electron chi connectivity index (χ1n) is 4.62. The SMILES string of the molecule is CNC(COC)c1ccc(OC)cc1. The van der Waals surface area contributed by atoms with E-state index in [1.165, 1.54) is 5.56 Å². The van der Waals surface area contributed by atoms with Gasteiger partial charge in [0.1, 0.15) is 5.75 Å². The molecule has 3 nitrogen and oxygen atoms in total. The zero-order chi connectivity index (χ0) is 10.4. The topological polar surface area (TPSA) is 30.5 Å². The van der Waals surface area contributed by atoms with Crippen LogP contribution < -0.4 is 10.1 Å². The van der Waals surface area contributed by atoms with E-state index in [2.05, 4.69) is 5.32 Å². The highest BCUT2D eigenvalue weighted by Gasteiger charge is 2.07. The predicted molar refractivity (Wildman–Crippen MR) is 56.7 cm³/mol. The lowest BCUT2D eigenvalue weighted by Gasteiger charge is -2.15. The summed E-state index contributed by atoms with van der Waals surface area (Å²) in [5.41, 5.74) is 1.20. The highest BCUT2D eigenvalue weighted by molar-refractivity contribution is 5.29. The standard InChI is InChI=1S/C11H17NO2/c1-12-11(8-13-2)9-4-6-10(14-3)7-5-9/h4-7,11-12H,8H2,1-3H3. The van der Waals surface area contributed by atoms with Crippen LogP contribution in [-0.4, -0.2) is 27.9 Å². The van der Waals surface area contributed by atoms with Gasteiger partial charge in [0.2, 0.25) is 0 Å². The lowest BCUT2D eigenvalue weighted by atomic mass is 10.1. The fourth-order valence-corrected chi connectivity index (χ4v) is 1.35. The first-order valence-corrected chi connectivity index (χ1v) is 4.62. The molecule has 1 unspecified atom stereocenters. The maximum absolute atomic E-state index is 5.11. The summed E-state index contributed by atoms with van der Waals surface area (Å²) in [5, 5.41) is 3.19. The maximum Gasteiger partial charge on any atom is 0.118 e. The highest BCUT2D eigenvalue weighted by Crippen LogP contribution is 2.17. The number of methoxy groups -OCH3 is 2. The summed E-state index contributed by atoms with van der Waals surface area (Å²) in [7, 11) is 5.29. The Balaban J connectivity index is 2.73. The molecule has 0 heterocycles. The van der Waals surface area contributed by atoms with Crippen LogP contribution in [0.5, 0.6) is 5.75 Å². The summed E-state index contributed by atoms with van der Waals surface area (Å²) in [5.74, 6) is 0.876. The summed E-state index contributed by atoms with van der Waals surface area (Å²) in [6.07, 6.45) is 0. The van der Waals surface area contributed by atoms with Gasteiger partial charge in [-0.2, -0.15) is 0 Å². The number of nitrogens with one attached hydrogen (secondary N) is 1. The number of ether oxygens (including phenoxy) is 2. The van der Waals surface area contributed by atoms with Crippen molar-refractivity contribution in [1.82, 2.24) is 5.32 Å². The highest BCUT2D eigenvalue weighted by atomic mass is 16.5. The van der Waals surface area contributed by atoms with Crippen LogP contribution in [-0.2, 0) is 4.74 Å². The lowest BCUT2D eigenvalue weighted by Crippen LogP contribution is -2.20. The lowest BCUT2D eigenvalue weighted by molar-refractivity contribution is 0.170. The molecule has 1 N–H and O–H groups in total. The monoisotopic (exact) mass is 195 g/mol. The molecule has 0 aliphatic carbocycles. The van der Waals surface area contributed by atoms with Gasteiger partial charge in [-0.05, 0) is 24.7 Å². The molecule has 0 amide bonds. The van der Waals surface area contributed by atoms with Crippen LogP contribution in [0.4, 0.5) is 0 Å². The number of hydrogen-bond donors (Lipinski definition) is 1. The summed E-state index contributed by atoms with van der Waals surface area (Å²) in [4.78, 5) is 0. The third-order valence-electron chi connectivity index (χ3n) is 2.20. The van der Waals surface area contributed by atoms with Gasteiger partial charge in [0.25, 0.3) is 0 Å². The van der Waals surface area contributed by atoms with E-state index >= 15 is 0 Å². The molecule has 0 saturated heterocycles. The first-order chi connectivity index (χ1) is 6.81. The van der Waals surface area contributed by atoms with E-state index in [0.29, 0.717) is 6.61 Å². The molecule has 0 fully saturated rings. The molecule has 0 radical (unpaired) electrons. The number of likely N-dealkylation sites (N-methyl/N-ethyl adjacent to an activating group) is 1. The average molecular weight is 195 g/mol. The van der Waals surface area contributed by atoms with Crippen molar-refractivity contribution in [3.05, 3.63) is 29.8 Å². The van der Waals surface area contributed by atoms with Gasteiger partial charge in [-0.15, -0.1) is 0 Å². The van der Waals surface area contributed by atoms with E-state index in [0.717, 1.165) is 5.75 Å². The fourth-order valence-electron chi connectivity index (χ4n) is 1.35. The Bertz CT molecular complexity index is 258. The van der Waals surface area contributed by atoms with E-state index in [-0.39, 0.29) is 6.04 Å². The van der Waals surface area contributed by atoms with Crippen LogP contribution in [0.25, 0.3) is 0 Å². The van der Waals surface area contributed by atoms with Crippen molar-refractivity contribution in [1.29, 1.82) is 0 Å². The van der Waals surface area contributed by atoms with Gasteiger partial charge in [0.15, 0.2) is 0 Å². The smallest absolute Gasteiger partial charge is 0.118 e. The number of rotatable bonds is 5. The third-order valence-corrected chi connectivity index (χ3v) is 2.20. The third kappa shape index (κ3) is 2.72. The Kier molecular flexibility index (Phi) is 4.43. The average Bonchev–Trinajstić information content (AvgIpc) is 2.26. The van der Waals surface area contributed by atoms with E-state index in [1.807, 2.05) is 31.3 Å². The summed E-state index contributed by atoms with van der Waals surface area (Å²) < 4.78 is 10.2. The van der Waals surface area contributed by atoms with Crippen molar-refractivity contribution in [2.75, 3.05) is 27.9 Å². The van der Waals surface area contributed by atoms with Gasteiger partial charge >= 0.3 is 0 Å². The van der Waals surface area contributed by atoms with Gasteiger partial charge in [0.05, 0.1) is 19.8 Å². The Morgan fingerprint density at radius 2 is 1.86 bits per heavy atom. The van der Waals surface area contributed by atoms with Crippen molar-refractivity contribution in [2.45, 2.75) is 6.04 Å². The van der Waals surface area contributed by atoms with E-state index < -0.39 is 0 Å². The predicted octanol–water partition coefficient (Wildman–Crippen LogP) is 1.60. The Morgan fingerprint density at radius 3 is 2.29 bits per heavy atom. The Morgan fingerprint density at radius 1 is 1.21 bits per heavy atom. The second-order valence-electron chi connectivity index (χ2n) is 3.07. The molecular formula is C11H17NO2. The zero-order valence-corrected chi connectivity index (χ0v) is 8.91. The summed E-state index contributed by atoms with van der Waals surface area (Å²) >= 11 is 0. The van der Waals surface area contributed by atoms with E-state index in [4.69, 9.17) is 9.47 Å². The van der Waals surface area contributed by atoms with Crippen molar-refractivity contribution in [3.63, 3.8) is 0 Å². The molecular weight excluding hydrogens is 178 g/mol. The van der Waals surface area contributed by atoms with Gasteiger partial charge in [0, 0.05) is 7.11 Å². The number of benzene rings is 1. The van der Waals surface area contributed by atoms with Gasteiger partial charge < -0.3 is 14.8 Å². The molecule has 1 atom stereocenters. The van der Waals surface area contributed by atoms with Crippen molar-refractivity contribution in [3.8, 4) is 5.75 Å². The minimum Gasteiger partial charge on any atom is -0.497 e. The molecule has 0 spiro atoms. The van der Waals surface area contributed by atoms with Crippen LogP contribution in [0.15, 0.2) is 24.3 Å². The van der Waals surface area contributed by atoms with Gasteiger partial charge in [-0.1, -0.05) is 12.1 Å². The minimum absolute atomic E-state index is 0.242. The van der Waals surface area contributed by atoms with Crippen LogP contribution in [0.2, 0.25) is 0 Å². The molecule has 0 aromatic heterocycles. The van der Waals surface area contributed by atoms with E-state index in [1.54, 1.807) is 14.2 Å². The van der Waals surface area contributed by atoms with Gasteiger partial charge in [-0.3, -0.25) is 0 Å². The second kappa shape index (κ2) is 5.62. The Hall–Kier alpha value is -1.06. The van der Waals surface area contributed by atoms with Crippen molar-refractivity contribution in [2.24, 2.45) is 0 Å². The van der Waals surface area contributed by atoms with E-state index in [9.17, 15) is 0 Å². The molecule has 1 rings (SSSR count). The molecule has 0 bridgehead atoms. The molecule has 1 aromatic rings.